The van der Waals surface area contributed by atoms with Gasteiger partial charge in [0.1, 0.15) is 0 Å². The highest BCUT2D eigenvalue weighted by Gasteiger charge is 2.32. The molecule has 1 aromatic heterocycles. The van der Waals surface area contributed by atoms with Gasteiger partial charge in [-0.1, -0.05) is 20.8 Å². The largest absolute Gasteiger partial charge is 0.388 e. The van der Waals surface area contributed by atoms with Gasteiger partial charge in [0.15, 0.2) is 0 Å². The van der Waals surface area contributed by atoms with E-state index in [1.165, 1.54) is 9.88 Å². The van der Waals surface area contributed by atoms with Crippen molar-refractivity contribution in [3.05, 3.63) is 15.6 Å². The lowest BCUT2D eigenvalue weighted by atomic mass is 9.98. The first kappa shape index (κ1) is 16.3. The number of aromatic nitrogens is 1. The normalized spacial score (nSPS) is 25.1. The maximum atomic E-state index is 10.4. The molecular weight excluding hydrogens is 288 g/mol. The van der Waals surface area contributed by atoms with Gasteiger partial charge in [-0.15, -0.1) is 11.3 Å². The lowest BCUT2D eigenvalue weighted by Crippen LogP contribution is -2.41. The molecule has 0 saturated carbocycles. The van der Waals surface area contributed by atoms with E-state index in [0.29, 0.717) is 6.54 Å². The van der Waals surface area contributed by atoms with Gasteiger partial charge in [-0.05, 0) is 26.0 Å². The van der Waals surface area contributed by atoms with Crippen LogP contribution in [-0.4, -0.2) is 33.7 Å². The second-order valence-electron chi connectivity index (χ2n) is 6.85. The van der Waals surface area contributed by atoms with Crippen molar-refractivity contribution in [1.82, 2.24) is 10.3 Å². The van der Waals surface area contributed by atoms with Crippen LogP contribution in [0, 0.1) is 6.92 Å². The van der Waals surface area contributed by atoms with Crippen LogP contribution >= 0.6 is 23.1 Å². The van der Waals surface area contributed by atoms with Gasteiger partial charge >= 0.3 is 0 Å². The van der Waals surface area contributed by atoms with Crippen LogP contribution in [0.1, 0.15) is 55.7 Å². The van der Waals surface area contributed by atoms with E-state index >= 15 is 0 Å². The molecule has 0 bridgehead atoms. The van der Waals surface area contributed by atoms with E-state index in [1.807, 2.05) is 11.8 Å². The van der Waals surface area contributed by atoms with Gasteiger partial charge in [-0.2, -0.15) is 11.8 Å². The fourth-order valence-electron chi connectivity index (χ4n) is 2.30. The Bertz CT molecular complexity index is 459. The highest BCUT2D eigenvalue weighted by atomic mass is 32.2. The van der Waals surface area contributed by atoms with E-state index < -0.39 is 5.60 Å². The molecule has 5 heteroatoms. The number of aryl methyl sites for hydroxylation is 1. The van der Waals surface area contributed by atoms with Gasteiger partial charge in [0, 0.05) is 28.6 Å². The zero-order chi connectivity index (χ0) is 15.0. The number of nitrogens with zero attached hydrogens (tertiary/aromatic N) is 1. The number of thiazole rings is 1. The maximum absolute atomic E-state index is 10.4. The van der Waals surface area contributed by atoms with Crippen molar-refractivity contribution in [3.8, 4) is 0 Å². The van der Waals surface area contributed by atoms with Crippen molar-refractivity contribution in [3.63, 3.8) is 0 Å². The van der Waals surface area contributed by atoms with Crippen molar-refractivity contribution in [1.29, 1.82) is 0 Å². The second-order valence-corrected chi connectivity index (χ2v) is 8.98. The first-order valence-corrected chi connectivity index (χ1v) is 9.20. The molecule has 2 N–H and O–H groups in total. The lowest BCUT2D eigenvalue weighted by molar-refractivity contribution is 0.0652. The van der Waals surface area contributed by atoms with E-state index in [9.17, 15) is 5.11 Å². The average molecular weight is 315 g/mol. The first-order chi connectivity index (χ1) is 9.21. The molecule has 0 amide bonds. The predicted molar refractivity (Wildman–Crippen MR) is 88.9 cm³/mol. The summed E-state index contributed by atoms with van der Waals surface area (Å²) in [6.45, 7) is 11.5. The molecule has 0 aromatic carbocycles. The molecule has 0 radical (unpaired) electrons. The van der Waals surface area contributed by atoms with Crippen LogP contribution in [0.4, 0.5) is 0 Å². The smallest absolute Gasteiger partial charge is 0.0985 e. The predicted octanol–water partition coefficient (Wildman–Crippen LogP) is 3.27. The topological polar surface area (TPSA) is 45.2 Å². The zero-order valence-electron chi connectivity index (χ0n) is 13.1. The average Bonchev–Trinajstić information content (AvgIpc) is 2.93. The maximum Gasteiger partial charge on any atom is 0.0985 e. The molecular formula is C15H26N2OS2. The molecule has 1 saturated heterocycles. The number of thioether (sulfide) groups is 1. The van der Waals surface area contributed by atoms with Crippen molar-refractivity contribution in [2.45, 2.75) is 58.1 Å². The van der Waals surface area contributed by atoms with Crippen LogP contribution in [0.25, 0.3) is 0 Å². The van der Waals surface area contributed by atoms with Crippen LogP contribution in [0.15, 0.2) is 0 Å². The molecule has 2 heterocycles. The SMILES string of the molecule is Cc1nc(C(C)(C)C)sc1[C@H](C)NC[C@@]1(O)CCSC1. The Morgan fingerprint density at radius 2 is 2.15 bits per heavy atom. The molecule has 1 aliphatic heterocycles. The van der Waals surface area contributed by atoms with E-state index in [4.69, 9.17) is 4.98 Å². The molecule has 2 rings (SSSR count). The van der Waals surface area contributed by atoms with Crippen LogP contribution < -0.4 is 5.32 Å². The second kappa shape index (κ2) is 5.95. The molecule has 114 valence electrons. The third kappa shape index (κ3) is 3.75. The van der Waals surface area contributed by atoms with Crippen LogP contribution in [0.5, 0.6) is 0 Å². The Morgan fingerprint density at radius 3 is 2.65 bits per heavy atom. The number of aliphatic hydroxyl groups is 1. The summed E-state index contributed by atoms with van der Waals surface area (Å²) >= 11 is 3.63. The molecule has 1 aliphatic rings. The Hall–Kier alpha value is -0.100. The van der Waals surface area contributed by atoms with E-state index in [-0.39, 0.29) is 11.5 Å². The standard InChI is InChI=1S/C15H26N2OS2/c1-10(16-8-15(18)6-7-19-9-15)12-11(2)17-13(20-12)14(3,4)5/h10,16,18H,6-9H2,1-5H3/t10-,15-/m0/s1. The van der Waals surface area contributed by atoms with Crippen molar-refractivity contribution >= 4 is 23.1 Å². The summed E-state index contributed by atoms with van der Waals surface area (Å²) in [5.41, 5.74) is 0.700. The number of hydrogen-bond donors (Lipinski definition) is 2. The Labute approximate surface area is 130 Å². The molecule has 1 fully saturated rings. The fraction of sp³-hybridized carbons (Fsp3) is 0.800. The quantitative estimate of drug-likeness (QED) is 0.895. The summed E-state index contributed by atoms with van der Waals surface area (Å²) in [5.74, 6) is 1.92. The molecule has 1 aromatic rings. The van der Waals surface area contributed by atoms with Gasteiger partial charge in [0.2, 0.25) is 0 Å². The van der Waals surface area contributed by atoms with Crippen molar-refractivity contribution < 1.29 is 5.11 Å². The Kier molecular flexibility index (Phi) is 4.84. The fourth-order valence-corrected chi connectivity index (χ4v) is 4.75. The third-order valence-corrected chi connectivity index (χ3v) is 6.69. The minimum Gasteiger partial charge on any atom is -0.388 e. The summed E-state index contributed by atoms with van der Waals surface area (Å²) in [6.07, 6.45) is 0.895. The van der Waals surface area contributed by atoms with Crippen LogP contribution in [-0.2, 0) is 5.41 Å². The van der Waals surface area contributed by atoms with Crippen molar-refractivity contribution in [2.24, 2.45) is 0 Å². The highest BCUT2D eigenvalue weighted by Crippen LogP contribution is 2.33. The van der Waals surface area contributed by atoms with Crippen molar-refractivity contribution in [2.75, 3.05) is 18.1 Å². The van der Waals surface area contributed by atoms with Gasteiger partial charge in [-0.3, -0.25) is 0 Å². The summed E-state index contributed by atoms with van der Waals surface area (Å²) in [7, 11) is 0. The van der Waals surface area contributed by atoms with Gasteiger partial charge < -0.3 is 10.4 Å². The molecule has 2 atom stereocenters. The summed E-state index contributed by atoms with van der Waals surface area (Å²) in [4.78, 5) is 6.01. The first-order valence-electron chi connectivity index (χ1n) is 7.23. The number of hydrogen-bond acceptors (Lipinski definition) is 5. The molecule has 0 spiro atoms. The summed E-state index contributed by atoms with van der Waals surface area (Å²) < 4.78 is 0. The Morgan fingerprint density at radius 1 is 1.45 bits per heavy atom. The van der Waals surface area contributed by atoms with Gasteiger partial charge in [-0.25, -0.2) is 4.98 Å². The summed E-state index contributed by atoms with van der Waals surface area (Å²) in [5, 5.41) is 15.1. The zero-order valence-corrected chi connectivity index (χ0v) is 14.7. The van der Waals surface area contributed by atoms with Gasteiger partial charge in [0.25, 0.3) is 0 Å². The molecule has 0 aliphatic carbocycles. The van der Waals surface area contributed by atoms with Crippen LogP contribution in [0.2, 0.25) is 0 Å². The molecule has 3 nitrogen and oxygen atoms in total. The Balaban J connectivity index is 2.02. The number of nitrogens with one attached hydrogen (secondary N) is 1. The van der Waals surface area contributed by atoms with Crippen LogP contribution in [0.3, 0.4) is 0 Å². The minimum absolute atomic E-state index is 0.105. The summed E-state index contributed by atoms with van der Waals surface area (Å²) in [6, 6.07) is 0.248. The highest BCUT2D eigenvalue weighted by molar-refractivity contribution is 7.99. The monoisotopic (exact) mass is 314 g/mol. The van der Waals surface area contributed by atoms with E-state index in [2.05, 4.69) is 39.9 Å². The molecule has 0 unspecified atom stereocenters. The number of rotatable bonds is 4. The lowest BCUT2D eigenvalue weighted by Gasteiger charge is -2.24. The minimum atomic E-state index is -0.523. The van der Waals surface area contributed by atoms with E-state index in [1.54, 1.807) is 11.3 Å². The third-order valence-electron chi connectivity index (χ3n) is 3.69. The van der Waals surface area contributed by atoms with Gasteiger partial charge in [0.05, 0.1) is 16.3 Å². The molecule has 20 heavy (non-hydrogen) atoms. The van der Waals surface area contributed by atoms with E-state index in [0.717, 1.165) is 23.6 Å².